The number of anilines is 1. The van der Waals surface area contributed by atoms with Crippen molar-refractivity contribution in [2.75, 3.05) is 26.1 Å². The molecule has 0 aliphatic heterocycles. The molecule has 170 valence electrons. The highest BCUT2D eigenvalue weighted by molar-refractivity contribution is 5.97. The van der Waals surface area contributed by atoms with Gasteiger partial charge in [-0.1, -0.05) is 30.3 Å². The summed E-state index contributed by atoms with van der Waals surface area (Å²) < 4.78 is 14.4. The van der Waals surface area contributed by atoms with Crippen molar-refractivity contribution in [1.29, 1.82) is 0 Å². The maximum Gasteiger partial charge on any atom is 0.328 e. The molecule has 0 saturated carbocycles. The van der Waals surface area contributed by atoms with Gasteiger partial charge in [-0.05, 0) is 36.2 Å². The number of ether oxygens (including phenoxy) is 3. The Bertz CT molecular complexity index is 914. The number of hydrogen-bond donors (Lipinski definition) is 2. The van der Waals surface area contributed by atoms with Gasteiger partial charge in [0.1, 0.15) is 19.2 Å². The molecular weight excluding hydrogens is 416 g/mol. The Hall–Kier alpha value is -3.88. The van der Waals surface area contributed by atoms with E-state index in [1.165, 1.54) is 14.2 Å². The lowest BCUT2D eigenvalue weighted by Gasteiger charge is -2.16. The Balaban J connectivity index is 1.84. The van der Waals surface area contributed by atoms with Crippen LogP contribution in [0.2, 0.25) is 0 Å². The molecule has 0 heterocycles. The van der Waals surface area contributed by atoms with Gasteiger partial charge in [-0.15, -0.1) is 0 Å². The fraction of sp³-hybridized carbons (Fsp3) is 0.304. The predicted octanol–water partition coefficient (Wildman–Crippen LogP) is 2.07. The molecule has 0 radical (unpaired) electrons. The molecule has 0 spiro atoms. The monoisotopic (exact) mass is 442 g/mol. The zero-order valence-corrected chi connectivity index (χ0v) is 18.0. The van der Waals surface area contributed by atoms with Gasteiger partial charge in [0, 0.05) is 17.7 Å². The van der Waals surface area contributed by atoms with Crippen LogP contribution >= 0.6 is 0 Å². The van der Waals surface area contributed by atoms with Gasteiger partial charge in [0.15, 0.2) is 0 Å². The van der Waals surface area contributed by atoms with E-state index in [-0.39, 0.29) is 26.0 Å². The molecule has 9 nitrogen and oxygen atoms in total. The van der Waals surface area contributed by atoms with Crippen LogP contribution in [0.15, 0.2) is 54.6 Å². The van der Waals surface area contributed by atoms with E-state index < -0.39 is 29.9 Å². The van der Waals surface area contributed by atoms with Gasteiger partial charge in [0.2, 0.25) is 0 Å². The highest BCUT2D eigenvalue weighted by Crippen LogP contribution is 2.11. The Kier molecular flexibility index (Phi) is 9.70. The first-order valence-electron chi connectivity index (χ1n) is 9.92. The third kappa shape index (κ3) is 8.10. The molecule has 2 aromatic carbocycles. The molecule has 0 bridgehead atoms. The summed E-state index contributed by atoms with van der Waals surface area (Å²) in [5.41, 5.74) is 1.82. The SMILES string of the molecule is COC(=O)CC[C@H](NC(=O)c1ccc(NCC(=O)OCc2ccccc2)cc1)C(=O)OC. The van der Waals surface area contributed by atoms with Crippen molar-refractivity contribution in [3.63, 3.8) is 0 Å². The van der Waals surface area contributed by atoms with E-state index in [1.54, 1.807) is 24.3 Å². The second-order valence-electron chi connectivity index (χ2n) is 6.74. The highest BCUT2D eigenvalue weighted by atomic mass is 16.5. The molecule has 2 aromatic rings. The van der Waals surface area contributed by atoms with Crippen LogP contribution in [0.4, 0.5) is 5.69 Å². The molecule has 0 aromatic heterocycles. The largest absolute Gasteiger partial charge is 0.469 e. The number of hydrogen-bond acceptors (Lipinski definition) is 8. The normalized spacial score (nSPS) is 11.1. The average Bonchev–Trinajstić information content (AvgIpc) is 2.83. The third-order valence-corrected chi connectivity index (χ3v) is 4.48. The minimum absolute atomic E-state index is 0.0314. The molecule has 2 N–H and O–H groups in total. The first-order valence-corrected chi connectivity index (χ1v) is 9.92. The number of nitrogens with one attached hydrogen (secondary N) is 2. The Labute approximate surface area is 186 Å². The molecule has 0 aliphatic carbocycles. The molecule has 0 saturated heterocycles. The summed E-state index contributed by atoms with van der Waals surface area (Å²) in [5.74, 6) is -2.07. The Morgan fingerprint density at radius 3 is 2.19 bits per heavy atom. The quantitative estimate of drug-likeness (QED) is 0.401. The van der Waals surface area contributed by atoms with Crippen molar-refractivity contribution >= 4 is 29.5 Å². The number of methoxy groups -OCH3 is 2. The van der Waals surface area contributed by atoms with Crippen molar-refractivity contribution < 1.29 is 33.4 Å². The van der Waals surface area contributed by atoms with Crippen LogP contribution in [-0.2, 0) is 35.2 Å². The molecule has 1 amide bonds. The minimum Gasteiger partial charge on any atom is -0.469 e. The van der Waals surface area contributed by atoms with Crippen LogP contribution in [0.1, 0.15) is 28.8 Å². The van der Waals surface area contributed by atoms with Gasteiger partial charge in [0.25, 0.3) is 5.91 Å². The second-order valence-corrected chi connectivity index (χ2v) is 6.74. The number of carbonyl (C=O) groups is 4. The van der Waals surface area contributed by atoms with Crippen LogP contribution in [-0.4, -0.2) is 50.6 Å². The van der Waals surface area contributed by atoms with Gasteiger partial charge in [-0.3, -0.25) is 14.4 Å². The molecule has 1 atom stereocenters. The average molecular weight is 442 g/mol. The Morgan fingerprint density at radius 1 is 0.875 bits per heavy atom. The molecule has 2 rings (SSSR count). The van der Waals surface area contributed by atoms with E-state index in [9.17, 15) is 19.2 Å². The zero-order valence-electron chi connectivity index (χ0n) is 18.0. The van der Waals surface area contributed by atoms with Gasteiger partial charge in [-0.2, -0.15) is 0 Å². The second kappa shape index (κ2) is 12.7. The summed E-state index contributed by atoms with van der Waals surface area (Å²) in [6.07, 6.45) is 0.00952. The number of rotatable bonds is 11. The first-order chi connectivity index (χ1) is 15.4. The van der Waals surface area contributed by atoms with Crippen LogP contribution in [0.25, 0.3) is 0 Å². The zero-order chi connectivity index (χ0) is 23.3. The van der Waals surface area contributed by atoms with E-state index in [0.717, 1.165) is 5.56 Å². The maximum absolute atomic E-state index is 12.5. The Morgan fingerprint density at radius 2 is 1.56 bits per heavy atom. The summed E-state index contributed by atoms with van der Waals surface area (Å²) in [6, 6.07) is 14.7. The topological polar surface area (TPSA) is 120 Å². The number of amides is 1. The van der Waals surface area contributed by atoms with Crippen molar-refractivity contribution in [2.24, 2.45) is 0 Å². The first kappa shape index (κ1) is 24.4. The molecular formula is C23H26N2O7. The van der Waals surface area contributed by atoms with Crippen molar-refractivity contribution in [2.45, 2.75) is 25.5 Å². The van der Waals surface area contributed by atoms with Crippen LogP contribution < -0.4 is 10.6 Å². The lowest BCUT2D eigenvalue weighted by atomic mass is 10.1. The van der Waals surface area contributed by atoms with Crippen LogP contribution in [0, 0.1) is 0 Å². The lowest BCUT2D eigenvalue weighted by molar-refractivity contribution is -0.145. The van der Waals surface area contributed by atoms with Crippen LogP contribution in [0.5, 0.6) is 0 Å². The summed E-state index contributed by atoms with van der Waals surface area (Å²) >= 11 is 0. The van der Waals surface area contributed by atoms with Gasteiger partial charge in [-0.25, -0.2) is 4.79 Å². The maximum atomic E-state index is 12.5. The molecule has 0 fully saturated rings. The fourth-order valence-corrected chi connectivity index (χ4v) is 2.70. The van der Waals surface area contributed by atoms with E-state index in [0.29, 0.717) is 11.3 Å². The standard InChI is InChI=1S/C23H26N2O7/c1-30-20(26)13-12-19(23(29)31-2)25-22(28)17-8-10-18(11-9-17)24-14-21(27)32-15-16-6-4-3-5-7-16/h3-11,19,24H,12-15H2,1-2H3,(H,25,28)/t19-/m0/s1. The fourth-order valence-electron chi connectivity index (χ4n) is 2.70. The van der Waals surface area contributed by atoms with E-state index in [2.05, 4.69) is 20.1 Å². The molecule has 9 heteroatoms. The molecule has 32 heavy (non-hydrogen) atoms. The van der Waals surface area contributed by atoms with Crippen molar-refractivity contribution in [3.05, 3.63) is 65.7 Å². The summed E-state index contributed by atoms with van der Waals surface area (Å²) in [5, 5.41) is 5.47. The van der Waals surface area contributed by atoms with E-state index >= 15 is 0 Å². The predicted molar refractivity (Wildman–Crippen MR) is 116 cm³/mol. The van der Waals surface area contributed by atoms with Crippen LogP contribution in [0.3, 0.4) is 0 Å². The van der Waals surface area contributed by atoms with Gasteiger partial charge >= 0.3 is 17.9 Å². The number of esters is 3. The van der Waals surface area contributed by atoms with E-state index in [4.69, 9.17) is 4.74 Å². The highest BCUT2D eigenvalue weighted by Gasteiger charge is 2.23. The summed E-state index contributed by atoms with van der Waals surface area (Å²) in [4.78, 5) is 47.5. The molecule has 0 aliphatic rings. The number of benzene rings is 2. The van der Waals surface area contributed by atoms with Crippen molar-refractivity contribution in [3.8, 4) is 0 Å². The smallest absolute Gasteiger partial charge is 0.328 e. The number of carbonyl (C=O) groups excluding carboxylic acids is 4. The van der Waals surface area contributed by atoms with Gasteiger partial charge in [0.05, 0.1) is 14.2 Å². The van der Waals surface area contributed by atoms with Crippen molar-refractivity contribution in [1.82, 2.24) is 5.32 Å². The molecule has 0 unspecified atom stereocenters. The lowest BCUT2D eigenvalue weighted by Crippen LogP contribution is -2.41. The van der Waals surface area contributed by atoms with E-state index in [1.807, 2.05) is 30.3 Å². The summed E-state index contributed by atoms with van der Waals surface area (Å²) in [7, 11) is 2.44. The summed E-state index contributed by atoms with van der Waals surface area (Å²) in [6.45, 7) is 0.161. The third-order valence-electron chi connectivity index (χ3n) is 4.48. The minimum atomic E-state index is -0.983. The van der Waals surface area contributed by atoms with Gasteiger partial charge < -0.3 is 24.8 Å².